The molecule has 0 unspecified atom stereocenters. The van der Waals surface area contributed by atoms with Gasteiger partial charge in [0.25, 0.3) is 5.91 Å². The number of benzene rings is 2. The third kappa shape index (κ3) is 3.30. The number of nitrogens with one attached hydrogen (secondary N) is 1. The molecule has 0 fully saturated rings. The molecule has 0 atom stereocenters. The Balaban J connectivity index is 1.96. The van der Waals surface area contributed by atoms with Gasteiger partial charge in [0, 0.05) is 11.5 Å². The molecule has 25 heavy (non-hydrogen) atoms. The number of azo groups is 1. The van der Waals surface area contributed by atoms with E-state index in [1.165, 1.54) is 14.2 Å². The second-order valence-corrected chi connectivity index (χ2v) is 5.48. The second-order valence-electron chi connectivity index (χ2n) is 5.48. The summed E-state index contributed by atoms with van der Waals surface area (Å²) in [5, 5.41) is 18.4. The standard InChI is InChI=1S/C18H17N3O4/c1-10-4-5-15-14(6-10)16(18(23)19-15)20-21-17(22)11-7-12(24-2)9-13(8-11)25-3/h4-9,19,23H,1-3H3. The fraction of sp³-hybridized carbons (Fsp3) is 0.167. The van der Waals surface area contributed by atoms with E-state index in [9.17, 15) is 9.90 Å². The number of rotatable bonds is 4. The van der Waals surface area contributed by atoms with Crippen molar-refractivity contribution in [3.8, 4) is 17.4 Å². The van der Waals surface area contributed by atoms with Gasteiger partial charge in [-0.2, -0.15) is 0 Å². The highest BCUT2D eigenvalue weighted by Crippen LogP contribution is 2.36. The summed E-state index contributed by atoms with van der Waals surface area (Å²) in [6.45, 7) is 1.93. The van der Waals surface area contributed by atoms with E-state index in [-0.39, 0.29) is 17.1 Å². The van der Waals surface area contributed by atoms with Crippen molar-refractivity contribution in [1.82, 2.24) is 4.98 Å². The number of hydrogen-bond donors (Lipinski definition) is 2. The molecule has 1 amide bonds. The fourth-order valence-electron chi connectivity index (χ4n) is 2.46. The van der Waals surface area contributed by atoms with Gasteiger partial charge >= 0.3 is 0 Å². The minimum Gasteiger partial charge on any atom is -0.497 e. The predicted molar refractivity (Wildman–Crippen MR) is 93.1 cm³/mol. The molecule has 128 valence electrons. The largest absolute Gasteiger partial charge is 0.497 e. The molecule has 0 aliphatic rings. The molecule has 0 aliphatic carbocycles. The summed E-state index contributed by atoms with van der Waals surface area (Å²) in [6, 6.07) is 10.3. The van der Waals surface area contributed by atoms with Gasteiger partial charge in [-0.05, 0) is 31.2 Å². The van der Waals surface area contributed by atoms with Crippen LogP contribution in [0, 0.1) is 6.92 Å². The average molecular weight is 339 g/mol. The number of ether oxygens (including phenoxy) is 2. The maximum atomic E-state index is 12.3. The predicted octanol–water partition coefficient (Wildman–Crippen LogP) is 4.12. The van der Waals surface area contributed by atoms with Crippen LogP contribution in [0.4, 0.5) is 5.69 Å². The van der Waals surface area contributed by atoms with Crippen molar-refractivity contribution in [3.63, 3.8) is 0 Å². The number of aromatic amines is 1. The molecule has 1 heterocycles. The van der Waals surface area contributed by atoms with E-state index in [0.717, 1.165) is 5.56 Å². The number of hydrogen-bond acceptors (Lipinski definition) is 5. The molecule has 3 rings (SSSR count). The fourth-order valence-corrected chi connectivity index (χ4v) is 2.46. The highest BCUT2D eigenvalue weighted by atomic mass is 16.5. The van der Waals surface area contributed by atoms with Crippen LogP contribution >= 0.6 is 0 Å². The first-order valence-electron chi connectivity index (χ1n) is 7.52. The van der Waals surface area contributed by atoms with Crippen molar-refractivity contribution >= 4 is 22.5 Å². The summed E-state index contributed by atoms with van der Waals surface area (Å²) < 4.78 is 10.3. The van der Waals surface area contributed by atoms with E-state index in [1.807, 2.05) is 25.1 Å². The lowest BCUT2D eigenvalue weighted by Gasteiger charge is -2.05. The second kappa shape index (κ2) is 6.64. The lowest BCUT2D eigenvalue weighted by molar-refractivity contribution is 0.0994. The maximum absolute atomic E-state index is 12.3. The van der Waals surface area contributed by atoms with Crippen LogP contribution in [0.3, 0.4) is 0 Å². The van der Waals surface area contributed by atoms with Crippen LogP contribution < -0.4 is 9.47 Å². The summed E-state index contributed by atoms with van der Waals surface area (Å²) in [5.74, 6) is 0.242. The first-order valence-corrected chi connectivity index (χ1v) is 7.52. The summed E-state index contributed by atoms with van der Waals surface area (Å²) in [7, 11) is 2.99. The van der Waals surface area contributed by atoms with Crippen LogP contribution in [-0.2, 0) is 0 Å². The van der Waals surface area contributed by atoms with Crippen LogP contribution in [-0.4, -0.2) is 30.2 Å². The van der Waals surface area contributed by atoms with Crippen LogP contribution in [0.1, 0.15) is 15.9 Å². The van der Waals surface area contributed by atoms with E-state index in [1.54, 1.807) is 18.2 Å². The summed E-state index contributed by atoms with van der Waals surface area (Å²) in [6.07, 6.45) is 0. The van der Waals surface area contributed by atoms with Gasteiger partial charge in [0.05, 0.1) is 25.3 Å². The number of aromatic hydroxyl groups is 1. The summed E-state index contributed by atoms with van der Waals surface area (Å²) >= 11 is 0. The van der Waals surface area contributed by atoms with E-state index < -0.39 is 5.91 Å². The Kier molecular flexibility index (Phi) is 4.38. The zero-order chi connectivity index (χ0) is 18.0. The van der Waals surface area contributed by atoms with Crippen molar-refractivity contribution in [2.45, 2.75) is 6.92 Å². The van der Waals surface area contributed by atoms with Gasteiger partial charge in [-0.3, -0.25) is 4.79 Å². The molecule has 0 spiro atoms. The highest BCUT2D eigenvalue weighted by Gasteiger charge is 2.13. The SMILES string of the molecule is COc1cc(OC)cc(C(=O)N=Nc2c(O)[nH]c3ccc(C)cc23)c1. The lowest BCUT2D eigenvalue weighted by atomic mass is 10.1. The first-order chi connectivity index (χ1) is 12.0. The Morgan fingerprint density at radius 2 is 1.76 bits per heavy atom. The van der Waals surface area contributed by atoms with Gasteiger partial charge in [0.2, 0.25) is 5.88 Å². The van der Waals surface area contributed by atoms with Crippen molar-refractivity contribution < 1.29 is 19.4 Å². The summed E-state index contributed by atoms with van der Waals surface area (Å²) in [5.41, 5.74) is 2.22. The van der Waals surface area contributed by atoms with E-state index in [2.05, 4.69) is 15.2 Å². The molecule has 2 N–H and O–H groups in total. The van der Waals surface area contributed by atoms with Crippen molar-refractivity contribution in [2.24, 2.45) is 10.2 Å². The molecule has 3 aromatic rings. The van der Waals surface area contributed by atoms with Gasteiger partial charge in [-0.25, -0.2) is 0 Å². The molecule has 0 bridgehead atoms. The Morgan fingerprint density at radius 1 is 1.08 bits per heavy atom. The van der Waals surface area contributed by atoms with Crippen LogP contribution in [0.5, 0.6) is 17.4 Å². The number of amides is 1. The van der Waals surface area contributed by atoms with Crippen LogP contribution in [0.15, 0.2) is 46.6 Å². The van der Waals surface area contributed by atoms with E-state index in [4.69, 9.17) is 9.47 Å². The van der Waals surface area contributed by atoms with Crippen LogP contribution in [0.2, 0.25) is 0 Å². The van der Waals surface area contributed by atoms with Crippen molar-refractivity contribution in [3.05, 3.63) is 47.5 Å². The van der Waals surface area contributed by atoms with Gasteiger partial charge in [0.1, 0.15) is 11.5 Å². The number of methoxy groups -OCH3 is 2. The Morgan fingerprint density at radius 3 is 2.40 bits per heavy atom. The zero-order valence-electron chi connectivity index (χ0n) is 14.0. The quantitative estimate of drug-likeness (QED) is 0.699. The number of carbonyl (C=O) groups excluding carboxylic acids is 1. The smallest absolute Gasteiger partial charge is 0.295 e. The minimum absolute atomic E-state index is 0.139. The Hall–Kier alpha value is -3.35. The molecule has 1 aromatic heterocycles. The molecule has 2 aromatic carbocycles. The van der Waals surface area contributed by atoms with E-state index in [0.29, 0.717) is 22.4 Å². The molecular weight excluding hydrogens is 322 g/mol. The average Bonchev–Trinajstić information content (AvgIpc) is 2.93. The lowest BCUT2D eigenvalue weighted by Crippen LogP contribution is -1.96. The molecule has 7 heteroatoms. The van der Waals surface area contributed by atoms with Crippen molar-refractivity contribution in [1.29, 1.82) is 0 Å². The number of aryl methyl sites for hydroxylation is 1. The van der Waals surface area contributed by atoms with Crippen molar-refractivity contribution in [2.75, 3.05) is 14.2 Å². The maximum Gasteiger partial charge on any atom is 0.295 e. The molecule has 0 radical (unpaired) electrons. The number of nitrogens with zero attached hydrogens (tertiary/aromatic N) is 2. The zero-order valence-corrected chi connectivity index (χ0v) is 14.0. The monoisotopic (exact) mass is 339 g/mol. The number of fused-ring (bicyclic) bond motifs is 1. The Labute approximate surface area is 143 Å². The number of carbonyl (C=O) groups is 1. The Bertz CT molecular complexity index is 954. The normalized spacial score (nSPS) is 11.2. The highest BCUT2D eigenvalue weighted by molar-refractivity contribution is 5.97. The molecule has 0 aliphatic heterocycles. The molecular formula is C18H17N3O4. The number of aromatic nitrogens is 1. The number of H-pyrrole nitrogens is 1. The third-order valence-corrected chi connectivity index (χ3v) is 3.75. The van der Waals surface area contributed by atoms with Gasteiger partial charge in [-0.1, -0.05) is 11.6 Å². The van der Waals surface area contributed by atoms with E-state index >= 15 is 0 Å². The summed E-state index contributed by atoms with van der Waals surface area (Å²) in [4.78, 5) is 15.1. The molecule has 0 saturated carbocycles. The molecule has 7 nitrogen and oxygen atoms in total. The van der Waals surface area contributed by atoms with Crippen LogP contribution in [0.25, 0.3) is 10.9 Å². The first kappa shape index (κ1) is 16.5. The topological polar surface area (TPSA) is 96.3 Å². The van der Waals surface area contributed by atoms with Gasteiger partial charge in [-0.15, -0.1) is 10.2 Å². The van der Waals surface area contributed by atoms with Gasteiger partial charge < -0.3 is 19.6 Å². The van der Waals surface area contributed by atoms with Gasteiger partial charge in [0.15, 0.2) is 5.69 Å². The third-order valence-electron chi connectivity index (χ3n) is 3.75. The minimum atomic E-state index is -0.571. The molecule has 0 saturated heterocycles.